The van der Waals surface area contributed by atoms with Crippen molar-refractivity contribution in [3.05, 3.63) is 41.5 Å². The van der Waals surface area contributed by atoms with Crippen LogP contribution in [0, 0.1) is 12.3 Å². The lowest BCUT2D eigenvalue weighted by molar-refractivity contribution is 0.591. The molecular formula is C12H11N. The van der Waals surface area contributed by atoms with Gasteiger partial charge in [0.2, 0.25) is 0 Å². The molecule has 0 heterocycles. The fourth-order valence-electron chi connectivity index (χ4n) is 1.72. The Morgan fingerprint density at radius 3 is 2.92 bits per heavy atom. The molecule has 13 heavy (non-hydrogen) atoms. The van der Waals surface area contributed by atoms with Crippen LogP contribution in [-0.4, -0.2) is 0 Å². The third-order valence-corrected chi connectivity index (χ3v) is 2.42. The van der Waals surface area contributed by atoms with E-state index in [1.165, 1.54) is 5.56 Å². The molecule has 1 unspecified atom stereocenters. The van der Waals surface area contributed by atoms with E-state index in [2.05, 4.69) is 12.0 Å². The van der Waals surface area contributed by atoms with Crippen molar-refractivity contribution in [1.82, 2.24) is 0 Å². The summed E-state index contributed by atoms with van der Waals surface area (Å²) in [6.07, 6.45) is 9.86. The minimum absolute atomic E-state index is 0.439. The van der Waals surface area contributed by atoms with E-state index >= 15 is 0 Å². The van der Waals surface area contributed by atoms with Crippen molar-refractivity contribution < 1.29 is 0 Å². The molecule has 0 amide bonds. The van der Waals surface area contributed by atoms with Crippen LogP contribution in [-0.2, 0) is 5.54 Å². The number of terminal acetylenes is 1. The monoisotopic (exact) mass is 169 g/mol. The molecular weight excluding hydrogens is 158 g/mol. The maximum atomic E-state index is 6.15. The van der Waals surface area contributed by atoms with Gasteiger partial charge in [0.05, 0.1) is 5.54 Å². The Hall–Kier alpha value is -1.52. The fraction of sp³-hybridized carbons (Fsp3) is 0.167. The summed E-state index contributed by atoms with van der Waals surface area (Å²) in [4.78, 5) is 0. The van der Waals surface area contributed by atoms with Crippen LogP contribution in [0.1, 0.15) is 17.5 Å². The van der Waals surface area contributed by atoms with Gasteiger partial charge < -0.3 is 5.73 Å². The van der Waals surface area contributed by atoms with Crippen molar-refractivity contribution >= 4 is 6.08 Å². The molecule has 0 saturated heterocycles. The average molecular weight is 169 g/mol. The highest BCUT2D eigenvalue weighted by atomic mass is 14.7. The van der Waals surface area contributed by atoms with E-state index < -0.39 is 5.54 Å². The van der Waals surface area contributed by atoms with Gasteiger partial charge in [-0.05, 0) is 11.1 Å². The molecule has 1 heteroatoms. The molecule has 1 aromatic carbocycles. The van der Waals surface area contributed by atoms with Crippen molar-refractivity contribution in [2.45, 2.75) is 12.0 Å². The Bertz CT molecular complexity index is 398. The molecule has 0 spiro atoms. The molecule has 0 radical (unpaired) electrons. The van der Waals surface area contributed by atoms with Crippen LogP contribution in [0.25, 0.3) is 6.08 Å². The van der Waals surface area contributed by atoms with Gasteiger partial charge in [-0.15, -0.1) is 12.3 Å². The van der Waals surface area contributed by atoms with Gasteiger partial charge in [-0.2, -0.15) is 0 Å². The zero-order valence-electron chi connectivity index (χ0n) is 7.33. The van der Waals surface area contributed by atoms with E-state index in [1.807, 2.05) is 30.4 Å². The maximum Gasteiger partial charge on any atom is 0.0715 e. The van der Waals surface area contributed by atoms with Crippen LogP contribution in [0.4, 0.5) is 0 Å². The summed E-state index contributed by atoms with van der Waals surface area (Å²) >= 11 is 0. The van der Waals surface area contributed by atoms with E-state index in [4.69, 9.17) is 12.2 Å². The minimum atomic E-state index is -0.439. The molecule has 1 aliphatic rings. The lowest BCUT2D eigenvalue weighted by atomic mass is 9.90. The Kier molecular flexibility index (Phi) is 1.72. The van der Waals surface area contributed by atoms with E-state index in [9.17, 15) is 0 Å². The van der Waals surface area contributed by atoms with Gasteiger partial charge in [0.15, 0.2) is 0 Å². The smallest absolute Gasteiger partial charge is 0.0715 e. The molecule has 2 rings (SSSR count). The zero-order valence-corrected chi connectivity index (χ0v) is 7.33. The summed E-state index contributed by atoms with van der Waals surface area (Å²) in [6, 6.07) is 8.08. The fourth-order valence-corrected chi connectivity index (χ4v) is 1.72. The van der Waals surface area contributed by atoms with E-state index in [-0.39, 0.29) is 0 Å². The van der Waals surface area contributed by atoms with Crippen LogP contribution < -0.4 is 5.73 Å². The molecule has 0 aromatic heterocycles. The molecule has 0 bridgehead atoms. The van der Waals surface area contributed by atoms with Gasteiger partial charge >= 0.3 is 0 Å². The van der Waals surface area contributed by atoms with Gasteiger partial charge in [0.25, 0.3) is 0 Å². The summed E-state index contributed by atoms with van der Waals surface area (Å²) < 4.78 is 0. The molecule has 0 fully saturated rings. The Labute approximate surface area is 78.3 Å². The van der Waals surface area contributed by atoms with Crippen LogP contribution in [0.15, 0.2) is 30.3 Å². The molecule has 1 aromatic rings. The van der Waals surface area contributed by atoms with Gasteiger partial charge in [-0.3, -0.25) is 0 Å². The summed E-state index contributed by atoms with van der Waals surface area (Å²) in [7, 11) is 0. The number of hydrogen-bond acceptors (Lipinski definition) is 1. The summed E-state index contributed by atoms with van der Waals surface area (Å²) in [5.74, 6) is 2.61. The minimum Gasteiger partial charge on any atom is -0.317 e. The normalized spacial score (nSPS) is 24.0. The van der Waals surface area contributed by atoms with Crippen LogP contribution in [0.3, 0.4) is 0 Å². The van der Waals surface area contributed by atoms with Crippen LogP contribution >= 0.6 is 0 Å². The molecule has 1 nitrogen and oxygen atoms in total. The quantitative estimate of drug-likeness (QED) is 0.638. The highest BCUT2D eigenvalue weighted by molar-refractivity contribution is 5.64. The molecule has 64 valence electrons. The van der Waals surface area contributed by atoms with Crippen molar-refractivity contribution in [3.8, 4) is 12.3 Å². The molecule has 2 N–H and O–H groups in total. The second kappa shape index (κ2) is 2.76. The third kappa shape index (κ3) is 1.16. The van der Waals surface area contributed by atoms with Gasteiger partial charge in [-0.25, -0.2) is 0 Å². The largest absolute Gasteiger partial charge is 0.317 e. The zero-order chi connectivity index (χ0) is 9.31. The van der Waals surface area contributed by atoms with Crippen LogP contribution in [0.2, 0.25) is 0 Å². The first-order valence-electron chi connectivity index (χ1n) is 4.27. The van der Waals surface area contributed by atoms with Gasteiger partial charge in [0.1, 0.15) is 0 Å². The van der Waals surface area contributed by atoms with Crippen molar-refractivity contribution in [3.63, 3.8) is 0 Å². The number of benzene rings is 1. The van der Waals surface area contributed by atoms with Crippen molar-refractivity contribution in [2.75, 3.05) is 0 Å². The first kappa shape index (κ1) is 8.10. The summed E-state index contributed by atoms with van der Waals surface area (Å²) in [5.41, 5.74) is 8.03. The van der Waals surface area contributed by atoms with Gasteiger partial charge in [-0.1, -0.05) is 36.4 Å². The van der Waals surface area contributed by atoms with E-state index in [0.717, 1.165) is 5.56 Å². The Morgan fingerprint density at radius 2 is 2.15 bits per heavy atom. The number of rotatable bonds is 1. The number of fused-ring (bicyclic) bond motifs is 1. The molecule has 1 atom stereocenters. The van der Waals surface area contributed by atoms with Gasteiger partial charge in [0, 0.05) is 6.42 Å². The standard InChI is InChI=1S/C12H11N/c1-2-8-12(13)9-7-10-5-3-4-6-11(10)12/h1,3-7,9H,8,13H2. The second-order valence-electron chi connectivity index (χ2n) is 3.34. The Morgan fingerprint density at radius 1 is 1.38 bits per heavy atom. The lowest BCUT2D eigenvalue weighted by Crippen LogP contribution is -2.32. The highest BCUT2D eigenvalue weighted by Gasteiger charge is 2.28. The maximum absolute atomic E-state index is 6.15. The summed E-state index contributed by atoms with van der Waals surface area (Å²) in [5, 5.41) is 0. The third-order valence-electron chi connectivity index (χ3n) is 2.42. The topological polar surface area (TPSA) is 26.0 Å². The van der Waals surface area contributed by atoms with E-state index in [1.54, 1.807) is 0 Å². The van der Waals surface area contributed by atoms with E-state index in [0.29, 0.717) is 6.42 Å². The van der Waals surface area contributed by atoms with Crippen molar-refractivity contribution in [2.24, 2.45) is 5.73 Å². The molecule has 0 saturated carbocycles. The van der Waals surface area contributed by atoms with Crippen molar-refractivity contribution in [1.29, 1.82) is 0 Å². The first-order chi connectivity index (χ1) is 6.26. The molecule has 1 aliphatic carbocycles. The lowest BCUT2D eigenvalue weighted by Gasteiger charge is -2.21. The SMILES string of the molecule is C#CCC1(N)C=Cc2ccccc21. The predicted octanol–water partition coefficient (Wildman–Crippen LogP) is 1.89. The Balaban J connectivity index is 2.50. The van der Waals surface area contributed by atoms with Crippen LogP contribution in [0.5, 0.6) is 0 Å². The highest BCUT2D eigenvalue weighted by Crippen LogP contribution is 2.33. The number of hydrogen-bond donors (Lipinski definition) is 1. The first-order valence-corrected chi connectivity index (χ1v) is 4.27. The summed E-state index contributed by atoms with van der Waals surface area (Å²) in [6.45, 7) is 0. The predicted molar refractivity (Wildman–Crippen MR) is 54.8 cm³/mol. The molecule has 0 aliphatic heterocycles. The average Bonchev–Trinajstić information content (AvgIpc) is 2.46. The second-order valence-corrected chi connectivity index (χ2v) is 3.34. The number of nitrogens with two attached hydrogens (primary N) is 1.